The lowest BCUT2D eigenvalue weighted by Crippen LogP contribution is -2.01. The van der Waals surface area contributed by atoms with Gasteiger partial charge in [0.15, 0.2) is 13.6 Å². The standard InChI is InChI=1S/C4H8O3.C4H8O2.C3H6O3/c1-2-4(6)7-3-5;1-3-4(5)6-2;1-3(5)6-2-4/h5H,2-3H2,1H3;3H2,1-2H3;4H,2H2,1H3. The van der Waals surface area contributed by atoms with Gasteiger partial charge in [-0.15, -0.1) is 0 Å². The highest BCUT2D eigenvalue weighted by atomic mass is 16.6. The number of ether oxygens (including phenoxy) is 3. The molecule has 0 aliphatic carbocycles. The summed E-state index contributed by atoms with van der Waals surface area (Å²) in [6.45, 7) is 3.63. The van der Waals surface area contributed by atoms with E-state index in [1.807, 2.05) is 0 Å². The average Bonchev–Trinajstić information content (AvgIpc) is 2.39. The molecule has 0 spiro atoms. The molecule has 0 saturated carbocycles. The summed E-state index contributed by atoms with van der Waals surface area (Å²) in [5.41, 5.74) is 0. The van der Waals surface area contributed by atoms with Crippen molar-refractivity contribution in [2.75, 3.05) is 20.7 Å². The SMILES string of the molecule is CC(=O)OCO.CCC(=O)OC.CCC(=O)OCO. The number of rotatable bonds is 4. The molecule has 0 radical (unpaired) electrons. The molecule has 0 aromatic heterocycles. The van der Waals surface area contributed by atoms with E-state index in [1.165, 1.54) is 14.0 Å². The molecule has 114 valence electrons. The summed E-state index contributed by atoms with van der Waals surface area (Å²) >= 11 is 0. The van der Waals surface area contributed by atoms with Crippen LogP contribution < -0.4 is 0 Å². The monoisotopic (exact) mass is 282 g/mol. The summed E-state index contributed by atoms with van der Waals surface area (Å²) in [5, 5.41) is 15.7. The van der Waals surface area contributed by atoms with E-state index >= 15 is 0 Å². The Morgan fingerprint density at radius 2 is 1.32 bits per heavy atom. The molecule has 2 N–H and O–H groups in total. The van der Waals surface area contributed by atoms with Gasteiger partial charge < -0.3 is 24.4 Å². The number of aliphatic hydroxyl groups excluding tert-OH is 2. The molecule has 0 fully saturated rings. The molecule has 0 heterocycles. The van der Waals surface area contributed by atoms with Crippen LogP contribution in [-0.2, 0) is 28.6 Å². The molecule has 0 rings (SSSR count). The van der Waals surface area contributed by atoms with Crippen LogP contribution in [0.1, 0.15) is 33.6 Å². The first-order valence-electron chi connectivity index (χ1n) is 5.46. The van der Waals surface area contributed by atoms with Crippen LogP contribution in [0.2, 0.25) is 0 Å². The predicted molar refractivity (Wildman–Crippen MR) is 64.6 cm³/mol. The van der Waals surface area contributed by atoms with E-state index in [0.29, 0.717) is 12.8 Å². The second-order valence-corrected chi connectivity index (χ2v) is 2.69. The van der Waals surface area contributed by atoms with Crippen molar-refractivity contribution in [3.8, 4) is 0 Å². The summed E-state index contributed by atoms with van der Waals surface area (Å²) < 4.78 is 12.3. The van der Waals surface area contributed by atoms with Gasteiger partial charge in [0.2, 0.25) is 0 Å². The second kappa shape index (κ2) is 18.7. The van der Waals surface area contributed by atoms with Gasteiger partial charge >= 0.3 is 17.9 Å². The lowest BCUT2D eigenvalue weighted by molar-refractivity contribution is -0.151. The maximum atomic E-state index is 10.0. The third kappa shape index (κ3) is 31.4. The lowest BCUT2D eigenvalue weighted by atomic mass is 10.5. The normalized spacial score (nSPS) is 7.89. The largest absolute Gasteiger partial charge is 0.469 e. The third-order valence-electron chi connectivity index (χ3n) is 1.30. The van der Waals surface area contributed by atoms with E-state index in [0.717, 1.165) is 0 Å². The van der Waals surface area contributed by atoms with Crippen LogP contribution in [0.3, 0.4) is 0 Å². The fourth-order valence-electron chi connectivity index (χ4n) is 0.409. The zero-order valence-corrected chi connectivity index (χ0v) is 11.7. The van der Waals surface area contributed by atoms with Crippen molar-refractivity contribution in [3.63, 3.8) is 0 Å². The molecule has 0 bridgehead atoms. The van der Waals surface area contributed by atoms with Crippen molar-refractivity contribution >= 4 is 17.9 Å². The first-order valence-corrected chi connectivity index (χ1v) is 5.46. The van der Waals surface area contributed by atoms with Gasteiger partial charge in [-0.2, -0.15) is 0 Å². The van der Waals surface area contributed by atoms with Gasteiger partial charge in [0.05, 0.1) is 7.11 Å². The van der Waals surface area contributed by atoms with Gasteiger partial charge in [0, 0.05) is 19.8 Å². The molecule has 0 aliphatic heterocycles. The molecule has 0 atom stereocenters. The first kappa shape index (κ1) is 22.5. The number of carbonyl (C=O) groups is 3. The van der Waals surface area contributed by atoms with Crippen LogP contribution >= 0.6 is 0 Å². The van der Waals surface area contributed by atoms with Gasteiger partial charge in [-0.25, -0.2) is 0 Å². The minimum atomic E-state index is -0.519. The Morgan fingerprint density at radius 3 is 1.37 bits per heavy atom. The number of hydrogen-bond acceptors (Lipinski definition) is 8. The third-order valence-corrected chi connectivity index (χ3v) is 1.30. The van der Waals surface area contributed by atoms with E-state index in [-0.39, 0.29) is 11.9 Å². The van der Waals surface area contributed by atoms with E-state index in [9.17, 15) is 14.4 Å². The zero-order valence-electron chi connectivity index (χ0n) is 11.7. The number of methoxy groups -OCH3 is 1. The Morgan fingerprint density at radius 1 is 0.895 bits per heavy atom. The molecule has 0 unspecified atom stereocenters. The van der Waals surface area contributed by atoms with Crippen LogP contribution in [-0.4, -0.2) is 48.8 Å². The van der Waals surface area contributed by atoms with E-state index in [2.05, 4.69) is 14.2 Å². The highest BCUT2D eigenvalue weighted by Crippen LogP contribution is 1.79. The number of esters is 3. The van der Waals surface area contributed by atoms with E-state index < -0.39 is 19.6 Å². The highest BCUT2D eigenvalue weighted by Gasteiger charge is 1.91. The fourth-order valence-corrected chi connectivity index (χ4v) is 0.409. The highest BCUT2D eigenvalue weighted by molar-refractivity contribution is 5.68. The molecule has 0 aliphatic rings. The quantitative estimate of drug-likeness (QED) is 0.418. The van der Waals surface area contributed by atoms with E-state index in [4.69, 9.17) is 10.2 Å². The summed E-state index contributed by atoms with van der Waals surface area (Å²) in [5.74, 6) is -0.991. The Labute approximate surface area is 112 Å². The number of hydrogen-bond donors (Lipinski definition) is 2. The van der Waals surface area contributed by atoms with Crippen molar-refractivity contribution in [1.29, 1.82) is 0 Å². The van der Waals surface area contributed by atoms with Crippen molar-refractivity contribution in [3.05, 3.63) is 0 Å². The van der Waals surface area contributed by atoms with E-state index in [1.54, 1.807) is 13.8 Å². The molecule has 19 heavy (non-hydrogen) atoms. The molecule has 0 aromatic rings. The van der Waals surface area contributed by atoms with Gasteiger partial charge in [-0.3, -0.25) is 14.4 Å². The topological polar surface area (TPSA) is 119 Å². The Bertz CT molecular complexity index is 233. The molecule has 0 saturated heterocycles. The van der Waals surface area contributed by atoms with Crippen molar-refractivity contribution in [2.24, 2.45) is 0 Å². The number of carbonyl (C=O) groups excluding carboxylic acids is 3. The fraction of sp³-hybridized carbons (Fsp3) is 0.727. The average molecular weight is 282 g/mol. The summed E-state index contributed by atoms with van der Waals surface area (Å²) in [7, 11) is 1.38. The first-order chi connectivity index (χ1) is 8.89. The van der Waals surface area contributed by atoms with Crippen LogP contribution in [0, 0.1) is 0 Å². The maximum absolute atomic E-state index is 10.0. The molecule has 8 nitrogen and oxygen atoms in total. The predicted octanol–water partition coefficient (Wildman–Crippen LogP) is -0.0419. The maximum Gasteiger partial charge on any atom is 0.307 e. The minimum Gasteiger partial charge on any atom is -0.469 e. The summed E-state index contributed by atoms with van der Waals surface area (Å²) in [6.07, 6.45) is 0.789. The van der Waals surface area contributed by atoms with Gasteiger partial charge in [-0.05, 0) is 0 Å². The molecule has 0 amide bonds. The van der Waals surface area contributed by atoms with Crippen molar-refractivity contribution in [1.82, 2.24) is 0 Å². The van der Waals surface area contributed by atoms with Crippen LogP contribution in [0.4, 0.5) is 0 Å². The Kier molecular flexibility index (Phi) is 22.1. The lowest BCUT2D eigenvalue weighted by Gasteiger charge is -1.92. The second-order valence-electron chi connectivity index (χ2n) is 2.69. The van der Waals surface area contributed by atoms with Crippen LogP contribution in [0.5, 0.6) is 0 Å². The number of aliphatic hydroxyl groups is 2. The summed E-state index contributed by atoms with van der Waals surface area (Å²) in [6, 6.07) is 0. The molecular weight excluding hydrogens is 260 g/mol. The van der Waals surface area contributed by atoms with Gasteiger partial charge in [0.25, 0.3) is 0 Å². The summed E-state index contributed by atoms with van der Waals surface area (Å²) in [4.78, 5) is 29.6. The van der Waals surface area contributed by atoms with Crippen LogP contribution in [0.15, 0.2) is 0 Å². The minimum absolute atomic E-state index is 0.157. The Hall–Kier alpha value is -1.67. The smallest absolute Gasteiger partial charge is 0.307 e. The van der Waals surface area contributed by atoms with Gasteiger partial charge in [0.1, 0.15) is 0 Å². The zero-order chi connectivity index (χ0) is 15.7. The molecule has 0 aromatic carbocycles. The Balaban J connectivity index is -0.000000203. The van der Waals surface area contributed by atoms with Crippen molar-refractivity contribution in [2.45, 2.75) is 33.6 Å². The van der Waals surface area contributed by atoms with Crippen molar-refractivity contribution < 1.29 is 38.8 Å². The van der Waals surface area contributed by atoms with Gasteiger partial charge in [-0.1, -0.05) is 13.8 Å². The van der Waals surface area contributed by atoms with Crippen LogP contribution in [0.25, 0.3) is 0 Å². The molecule has 8 heteroatoms. The molecular formula is C11H22O8.